The van der Waals surface area contributed by atoms with Crippen LogP contribution in [-0.2, 0) is 0 Å². The number of rotatable bonds is 1. The van der Waals surface area contributed by atoms with Crippen LogP contribution in [0.2, 0.25) is 0 Å². The molecule has 0 heterocycles. The highest BCUT2D eigenvalue weighted by atomic mass is 16.3. The number of hydrogen-bond acceptors (Lipinski definition) is 2. The summed E-state index contributed by atoms with van der Waals surface area (Å²) in [6.45, 7) is 4.00. The number of aliphatic hydroxyl groups is 1. The van der Waals surface area contributed by atoms with E-state index in [2.05, 4.69) is 5.32 Å². The Balaban J connectivity index is 0.000000461. The normalized spacial score (nSPS) is 30.5. The van der Waals surface area contributed by atoms with E-state index in [0.29, 0.717) is 6.04 Å². The van der Waals surface area contributed by atoms with Gasteiger partial charge >= 0.3 is 0 Å². The third-order valence-electron chi connectivity index (χ3n) is 2.05. The van der Waals surface area contributed by atoms with Crippen molar-refractivity contribution in [3.63, 3.8) is 0 Å². The third kappa shape index (κ3) is 4.38. The van der Waals surface area contributed by atoms with E-state index in [0.717, 1.165) is 12.8 Å². The predicted molar refractivity (Wildman–Crippen MR) is 48.7 cm³/mol. The van der Waals surface area contributed by atoms with Crippen molar-refractivity contribution < 1.29 is 5.11 Å². The van der Waals surface area contributed by atoms with Crippen LogP contribution in [-0.4, -0.2) is 24.3 Å². The van der Waals surface area contributed by atoms with Crippen molar-refractivity contribution in [1.29, 1.82) is 0 Å². The van der Waals surface area contributed by atoms with Crippen LogP contribution in [0.15, 0.2) is 0 Å². The zero-order chi connectivity index (χ0) is 8.69. The summed E-state index contributed by atoms with van der Waals surface area (Å²) >= 11 is 0. The van der Waals surface area contributed by atoms with Gasteiger partial charge in [-0.1, -0.05) is 13.8 Å². The van der Waals surface area contributed by atoms with Gasteiger partial charge in [0.2, 0.25) is 0 Å². The summed E-state index contributed by atoms with van der Waals surface area (Å²) in [5.74, 6) is 0. The quantitative estimate of drug-likeness (QED) is 0.608. The first kappa shape index (κ1) is 10.9. The lowest BCUT2D eigenvalue weighted by Crippen LogP contribution is -2.33. The number of hydrogen-bond donors (Lipinski definition) is 2. The van der Waals surface area contributed by atoms with E-state index in [-0.39, 0.29) is 6.10 Å². The monoisotopic (exact) mass is 159 g/mol. The van der Waals surface area contributed by atoms with Crippen LogP contribution < -0.4 is 5.32 Å². The Morgan fingerprint density at radius 3 is 2.27 bits per heavy atom. The molecule has 0 aromatic heterocycles. The fourth-order valence-electron chi connectivity index (χ4n) is 1.43. The molecule has 2 nitrogen and oxygen atoms in total. The van der Waals surface area contributed by atoms with Gasteiger partial charge in [0.1, 0.15) is 0 Å². The zero-order valence-corrected chi connectivity index (χ0v) is 7.93. The van der Waals surface area contributed by atoms with Crippen LogP contribution in [0.1, 0.15) is 39.5 Å². The van der Waals surface area contributed by atoms with Crippen LogP contribution >= 0.6 is 0 Å². The lowest BCUT2D eigenvalue weighted by molar-refractivity contribution is 0.114. The van der Waals surface area contributed by atoms with Gasteiger partial charge < -0.3 is 10.4 Å². The van der Waals surface area contributed by atoms with Gasteiger partial charge in [0.25, 0.3) is 0 Å². The van der Waals surface area contributed by atoms with Gasteiger partial charge in [0.05, 0.1) is 6.10 Å². The fourth-order valence-corrected chi connectivity index (χ4v) is 1.43. The van der Waals surface area contributed by atoms with Gasteiger partial charge in [-0.05, 0) is 32.7 Å². The second-order valence-corrected chi connectivity index (χ2v) is 2.81. The molecule has 0 aromatic carbocycles. The summed E-state index contributed by atoms with van der Waals surface area (Å²) in [5, 5.41) is 12.3. The van der Waals surface area contributed by atoms with Crippen molar-refractivity contribution in [3.05, 3.63) is 0 Å². The topological polar surface area (TPSA) is 32.3 Å². The molecule has 0 aliphatic heterocycles. The first-order valence-electron chi connectivity index (χ1n) is 4.68. The number of nitrogens with one attached hydrogen (secondary N) is 1. The third-order valence-corrected chi connectivity index (χ3v) is 2.05. The highest BCUT2D eigenvalue weighted by Gasteiger charge is 2.17. The molecule has 1 rings (SSSR count). The molecule has 0 amide bonds. The lowest BCUT2D eigenvalue weighted by atomic mass is 9.93. The van der Waals surface area contributed by atoms with E-state index >= 15 is 0 Å². The molecule has 1 fully saturated rings. The molecule has 11 heavy (non-hydrogen) atoms. The summed E-state index contributed by atoms with van der Waals surface area (Å²) in [6, 6.07) is 0.564. The Hall–Kier alpha value is -0.0800. The molecule has 0 aromatic rings. The second-order valence-electron chi connectivity index (χ2n) is 2.81. The Bertz CT molecular complexity index is 85.6. The minimum atomic E-state index is -0.0452. The molecule has 1 aliphatic carbocycles. The molecule has 2 heteroatoms. The maximum atomic E-state index is 9.17. The Kier molecular flexibility index (Phi) is 6.57. The fraction of sp³-hybridized carbons (Fsp3) is 1.00. The predicted octanol–water partition coefficient (Wildman–Crippen LogP) is 1.54. The molecule has 68 valence electrons. The van der Waals surface area contributed by atoms with E-state index in [9.17, 15) is 5.11 Å². The zero-order valence-electron chi connectivity index (χ0n) is 7.93. The van der Waals surface area contributed by atoms with Crippen LogP contribution in [0.5, 0.6) is 0 Å². The first-order valence-corrected chi connectivity index (χ1v) is 4.68. The molecule has 0 saturated heterocycles. The largest absolute Gasteiger partial charge is 0.393 e. The molecule has 2 unspecified atom stereocenters. The summed E-state index contributed by atoms with van der Waals surface area (Å²) in [5.41, 5.74) is 0. The van der Waals surface area contributed by atoms with E-state index in [4.69, 9.17) is 0 Å². The van der Waals surface area contributed by atoms with Crippen molar-refractivity contribution in [2.75, 3.05) is 7.05 Å². The van der Waals surface area contributed by atoms with E-state index in [1.165, 1.54) is 12.8 Å². The Morgan fingerprint density at radius 1 is 1.27 bits per heavy atom. The summed E-state index contributed by atoms with van der Waals surface area (Å²) in [6.07, 6.45) is 4.30. The highest BCUT2D eigenvalue weighted by Crippen LogP contribution is 2.17. The van der Waals surface area contributed by atoms with Crippen LogP contribution in [0.25, 0.3) is 0 Å². The van der Waals surface area contributed by atoms with E-state index in [1.54, 1.807) is 0 Å². The summed E-state index contributed by atoms with van der Waals surface area (Å²) in [4.78, 5) is 0. The van der Waals surface area contributed by atoms with Gasteiger partial charge in [0.15, 0.2) is 0 Å². The van der Waals surface area contributed by atoms with Gasteiger partial charge in [-0.3, -0.25) is 0 Å². The molecular formula is C9H21NO. The maximum Gasteiger partial charge on any atom is 0.0555 e. The van der Waals surface area contributed by atoms with Crippen LogP contribution in [0.3, 0.4) is 0 Å². The molecular weight excluding hydrogens is 138 g/mol. The van der Waals surface area contributed by atoms with E-state index in [1.807, 2.05) is 20.9 Å². The standard InChI is InChI=1S/C7H15NO.C2H6/c1-8-6-3-2-4-7(9)5-6;1-2/h6-9H,2-5H2,1H3;1-2H3. The average molecular weight is 159 g/mol. The van der Waals surface area contributed by atoms with Crippen LogP contribution in [0, 0.1) is 0 Å². The minimum Gasteiger partial charge on any atom is -0.393 e. The Labute approximate surface area is 70.0 Å². The van der Waals surface area contributed by atoms with Gasteiger partial charge in [-0.2, -0.15) is 0 Å². The maximum absolute atomic E-state index is 9.17. The number of aliphatic hydroxyl groups excluding tert-OH is 1. The first-order chi connectivity index (χ1) is 5.33. The smallest absolute Gasteiger partial charge is 0.0555 e. The van der Waals surface area contributed by atoms with Crippen molar-refractivity contribution >= 4 is 0 Å². The van der Waals surface area contributed by atoms with E-state index < -0.39 is 0 Å². The SMILES string of the molecule is CC.CNC1CCCC(O)C1. The van der Waals surface area contributed by atoms with Crippen molar-refractivity contribution in [3.8, 4) is 0 Å². The molecule has 2 N–H and O–H groups in total. The minimum absolute atomic E-state index is 0.0452. The van der Waals surface area contributed by atoms with Crippen molar-refractivity contribution in [2.24, 2.45) is 0 Å². The van der Waals surface area contributed by atoms with Crippen LogP contribution in [0.4, 0.5) is 0 Å². The molecule has 0 spiro atoms. The summed E-state index contributed by atoms with van der Waals surface area (Å²) < 4.78 is 0. The molecule has 0 bridgehead atoms. The van der Waals surface area contributed by atoms with Gasteiger partial charge in [-0.15, -0.1) is 0 Å². The molecule has 2 atom stereocenters. The van der Waals surface area contributed by atoms with Crippen molar-refractivity contribution in [1.82, 2.24) is 5.32 Å². The summed E-state index contributed by atoms with van der Waals surface area (Å²) in [7, 11) is 1.96. The lowest BCUT2D eigenvalue weighted by Gasteiger charge is -2.24. The van der Waals surface area contributed by atoms with Gasteiger partial charge in [-0.25, -0.2) is 0 Å². The molecule has 1 saturated carbocycles. The second kappa shape index (κ2) is 6.62. The average Bonchev–Trinajstić information content (AvgIpc) is 2.08. The Morgan fingerprint density at radius 2 is 1.91 bits per heavy atom. The van der Waals surface area contributed by atoms with Gasteiger partial charge in [0, 0.05) is 6.04 Å². The van der Waals surface area contributed by atoms with Crippen molar-refractivity contribution in [2.45, 2.75) is 51.7 Å². The highest BCUT2D eigenvalue weighted by molar-refractivity contribution is 4.75. The molecule has 1 aliphatic rings. The molecule has 0 radical (unpaired) electrons.